The Morgan fingerprint density at radius 1 is 1.16 bits per heavy atom. The Hall–Kier alpha value is -2.56. The number of piperazine rings is 1. The lowest BCUT2D eigenvalue weighted by molar-refractivity contribution is -0.125. The first-order chi connectivity index (χ1) is 11.7. The molecule has 0 radical (unpaired) electrons. The highest BCUT2D eigenvalue weighted by Gasteiger charge is 2.28. The number of rotatable bonds is 4. The molecule has 2 heterocycles. The van der Waals surface area contributed by atoms with Crippen LogP contribution in [0.25, 0.3) is 0 Å². The van der Waals surface area contributed by atoms with Gasteiger partial charge in [0.2, 0.25) is 5.91 Å². The minimum absolute atomic E-state index is 0.151. The van der Waals surface area contributed by atoms with Crippen molar-refractivity contribution in [3.05, 3.63) is 24.2 Å². The lowest BCUT2D eigenvalue weighted by Crippen LogP contribution is -2.52. The van der Waals surface area contributed by atoms with Crippen molar-refractivity contribution in [3.63, 3.8) is 0 Å². The smallest absolute Gasteiger partial charge is 0.405 e. The van der Waals surface area contributed by atoms with E-state index in [9.17, 15) is 27.6 Å². The monoisotopic (exact) mass is 362 g/mol. The first-order valence-corrected chi connectivity index (χ1v) is 7.44. The Morgan fingerprint density at radius 3 is 2.40 bits per heavy atom. The van der Waals surface area contributed by atoms with E-state index in [1.54, 1.807) is 27.2 Å². The second-order valence-corrected chi connectivity index (χ2v) is 5.39. The second-order valence-electron chi connectivity index (χ2n) is 5.39. The number of hydrogen-bond acceptors (Lipinski definition) is 5. The lowest BCUT2D eigenvalue weighted by Gasteiger charge is -2.33. The fourth-order valence-corrected chi connectivity index (χ4v) is 2.26. The summed E-state index contributed by atoms with van der Waals surface area (Å²) in [4.78, 5) is 38.2. The predicted octanol–water partition coefficient (Wildman–Crippen LogP) is 0.425. The molecule has 2 rings (SSSR count). The van der Waals surface area contributed by atoms with Gasteiger partial charge in [-0.25, -0.2) is 4.79 Å². The molecule has 2 N–H and O–H groups in total. The van der Waals surface area contributed by atoms with Crippen molar-refractivity contribution in [1.82, 2.24) is 20.4 Å². The summed E-state index contributed by atoms with van der Waals surface area (Å²) in [6.45, 7) is -0.143. The largest absolute Gasteiger partial charge is 0.459 e. The van der Waals surface area contributed by atoms with Crippen molar-refractivity contribution in [2.75, 3.05) is 39.3 Å². The number of carbonyl (C=O) groups excluding carboxylic acids is 3. The van der Waals surface area contributed by atoms with E-state index < -0.39 is 24.7 Å². The zero-order chi connectivity index (χ0) is 18.4. The van der Waals surface area contributed by atoms with E-state index in [1.807, 2.05) is 5.32 Å². The van der Waals surface area contributed by atoms with Crippen molar-refractivity contribution in [2.24, 2.45) is 0 Å². The molecule has 11 heteroatoms. The quantitative estimate of drug-likeness (QED) is 0.810. The van der Waals surface area contributed by atoms with Crippen LogP contribution in [0.5, 0.6) is 0 Å². The molecule has 0 bridgehead atoms. The summed E-state index contributed by atoms with van der Waals surface area (Å²) in [5, 5.41) is 3.38. The second kappa shape index (κ2) is 8.01. The van der Waals surface area contributed by atoms with Crippen LogP contribution in [-0.2, 0) is 4.79 Å². The molecule has 1 aliphatic heterocycles. The van der Waals surface area contributed by atoms with E-state index in [0.29, 0.717) is 26.2 Å². The fraction of sp³-hybridized carbons (Fsp3) is 0.500. The number of hydrogen-bond donors (Lipinski definition) is 2. The van der Waals surface area contributed by atoms with Crippen LogP contribution in [0.15, 0.2) is 22.8 Å². The molecule has 0 spiro atoms. The van der Waals surface area contributed by atoms with Crippen molar-refractivity contribution in [3.8, 4) is 0 Å². The van der Waals surface area contributed by atoms with Crippen LogP contribution in [-0.4, -0.2) is 73.1 Å². The zero-order valence-corrected chi connectivity index (χ0v) is 13.1. The van der Waals surface area contributed by atoms with Gasteiger partial charge in [-0.2, -0.15) is 13.2 Å². The molecule has 1 aromatic heterocycles. The molecule has 8 nitrogen and oxygen atoms in total. The Balaban J connectivity index is 1.70. The van der Waals surface area contributed by atoms with Crippen LogP contribution in [0.2, 0.25) is 0 Å². The van der Waals surface area contributed by atoms with Crippen LogP contribution < -0.4 is 10.6 Å². The highest BCUT2D eigenvalue weighted by atomic mass is 19.4. The molecule has 0 saturated carbocycles. The van der Waals surface area contributed by atoms with Gasteiger partial charge in [-0.1, -0.05) is 0 Å². The molecular formula is C14H17F3N4O4. The van der Waals surface area contributed by atoms with Crippen molar-refractivity contribution in [2.45, 2.75) is 6.18 Å². The number of nitrogens with one attached hydrogen (secondary N) is 2. The molecule has 138 valence electrons. The highest BCUT2D eigenvalue weighted by molar-refractivity contribution is 5.95. The summed E-state index contributed by atoms with van der Waals surface area (Å²) >= 11 is 0. The van der Waals surface area contributed by atoms with E-state index in [0.717, 1.165) is 0 Å². The molecule has 1 aromatic rings. The highest BCUT2D eigenvalue weighted by Crippen LogP contribution is 2.12. The Morgan fingerprint density at radius 2 is 1.84 bits per heavy atom. The molecule has 0 aromatic carbocycles. The molecule has 4 amide bonds. The van der Waals surface area contributed by atoms with Gasteiger partial charge in [-0.15, -0.1) is 0 Å². The van der Waals surface area contributed by atoms with Gasteiger partial charge in [0.1, 0.15) is 6.54 Å². The third-order valence-corrected chi connectivity index (χ3v) is 3.46. The van der Waals surface area contributed by atoms with Gasteiger partial charge in [0.15, 0.2) is 5.76 Å². The number of urea groups is 1. The Bertz CT molecular complexity index is 610. The maximum Gasteiger partial charge on any atom is 0.405 e. The maximum atomic E-state index is 12.1. The van der Waals surface area contributed by atoms with Crippen LogP contribution >= 0.6 is 0 Å². The fourth-order valence-electron chi connectivity index (χ4n) is 2.26. The summed E-state index contributed by atoms with van der Waals surface area (Å²) in [6.07, 6.45) is -3.14. The Labute approximate surface area is 140 Å². The van der Waals surface area contributed by atoms with Gasteiger partial charge in [-0.05, 0) is 12.1 Å². The predicted molar refractivity (Wildman–Crippen MR) is 78.6 cm³/mol. The normalized spacial score (nSPS) is 15.7. The van der Waals surface area contributed by atoms with Crippen LogP contribution in [0, 0.1) is 0 Å². The van der Waals surface area contributed by atoms with Crippen molar-refractivity contribution in [1.29, 1.82) is 0 Å². The van der Waals surface area contributed by atoms with Crippen LogP contribution in [0.1, 0.15) is 10.6 Å². The minimum Gasteiger partial charge on any atom is -0.459 e. The van der Waals surface area contributed by atoms with E-state index in [4.69, 9.17) is 4.42 Å². The Kier molecular flexibility index (Phi) is 6.02. The van der Waals surface area contributed by atoms with E-state index in [-0.39, 0.29) is 18.2 Å². The van der Waals surface area contributed by atoms with Crippen molar-refractivity contribution >= 4 is 17.8 Å². The number of furan rings is 1. The lowest BCUT2D eigenvalue weighted by atomic mass is 10.3. The minimum atomic E-state index is -4.54. The number of alkyl halides is 3. The molecule has 25 heavy (non-hydrogen) atoms. The van der Waals surface area contributed by atoms with E-state index in [1.165, 1.54) is 6.26 Å². The van der Waals surface area contributed by atoms with E-state index >= 15 is 0 Å². The molecule has 0 atom stereocenters. The zero-order valence-electron chi connectivity index (χ0n) is 13.1. The number of halogens is 3. The molecular weight excluding hydrogens is 345 g/mol. The SMILES string of the molecule is O=C(CN1CCN(C(=O)c2ccco2)CC1)NC(=O)NCC(F)(F)F. The third kappa shape index (κ3) is 6.10. The summed E-state index contributed by atoms with van der Waals surface area (Å²) in [5.41, 5.74) is 0. The molecule has 1 aliphatic rings. The maximum absolute atomic E-state index is 12.1. The number of carbonyl (C=O) groups is 3. The average Bonchev–Trinajstić information content (AvgIpc) is 3.06. The van der Waals surface area contributed by atoms with Gasteiger partial charge < -0.3 is 14.6 Å². The molecule has 1 saturated heterocycles. The van der Waals surface area contributed by atoms with Crippen LogP contribution in [0.3, 0.4) is 0 Å². The molecule has 0 unspecified atom stereocenters. The van der Waals surface area contributed by atoms with Crippen LogP contribution in [0.4, 0.5) is 18.0 Å². The van der Waals surface area contributed by atoms with Gasteiger partial charge in [0, 0.05) is 26.2 Å². The van der Waals surface area contributed by atoms with Gasteiger partial charge in [0.25, 0.3) is 5.91 Å². The van der Waals surface area contributed by atoms with Gasteiger partial charge in [0.05, 0.1) is 12.8 Å². The van der Waals surface area contributed by atoms with E-state index in [2.05, 4.69) is 0 Å². The van der Waals surface area contributed by atoms with Gasteiger partial charge >= 0.3 is 12.2 Å². The average molecular weight is 362 g/mol. The molecule has 1 fully saturated rings. The summed E-state index contributed by atoms with van der Waals surface area (Å²) in [5.74, 6) is -0.737. The summed E-state index contributed by atoms with van der Waals surface area (Å²) in [7, 11) is 0. The molecule has 0 aliphatic carbocycles. The topological polar surface area (TPSA) is 94.9 Å². The number of amides is 4. The summed E-state index contributed by atoms with van der Waals surface area (Å²) in [6, 6.07) is 1.97. The number of nitrogens with zero attached hydrogens (tertiary/aromatic N) is 2. The number of imide groups is 1. The first-order valence-electron chi connectivity index (χ1n) is 7.44. The van der Waals surface area contributed by atoms with Crippen molar-refractivity contribution < 1.29 is 32.0 Å². The third-order valence-electron chi connectivity index (χ3n) is 3.46. The van der Waals surface area contributed by atoms with Gasteiger partial charge in [-0.3, -0.25) is 19.8 Å². The summed E-state index contributed by atoms with van der Waals surface area (Å²) < 4.78 is 40.9. The first kappa shape index (κ1) is 18.8. The standard InChI is InChI=1S/C14H17F3N4O4/c15-14(16,17)9-18-13(24)19-11(22)8-20-3-5-21(6-4-20)12(23)10-2-1-7-25-10/h1-2,7H,3-6,8-9H2,(H2,18,19,22,24).